The number of nitrogens with zero attached hydrogens (tertiary/aromatic N) is 3. The number of hydrogen-bond acceptors (Lipinski definition) is 7. The van der Waals surface area contributed by atoms with Gasteiger partial charge in [-0.1, -0.05) is 30.3 Å². The number of H-pyrrole nitrogens is 1. The Morgan fingerprint density at radius 1 is 1.05 bits per heavy atom. The predicted octanol–water partition coefficient (Wildman–Crippen LogP) is 3.51. The van der Waals surface area contributed by atoms with Crippen molar-refractivity contribution >= 4 is 22.7 Å². The minimum atomic E-state index is -0.558. The maximum Gasteiger partial charge on any atom is 0.245 e. The minimum Gasteiger partial charge on any atom is -0.493 e. The molecule has 4 heterocycles. The molecule has 0 aliphatic carbocycles. The van der Waals surface area contributed by atoms with Gasteiger partial charge in [0.1, 0.15) is 6.04 Å². The second kappa shape index (κ2) is 13.9. The summed E-state index contributed by atoms with van der Waals surface area (Å²) in [4.78, 5) is 39.3. The fraction of sp³-hybridized carbons (Fsp3) is 0.382. The zero-order chi connectivity index (χ0) is 30.3. The van der Waals surface area contributed by atoms with E-state index in [1.807, 2.05) is 36.4 Å². The first-order chi connectivity index (χ1) is 21.6. The number of fused-ring (bicyclic) bond motifs is 5. The highest BCUT2D eigenvalue weighted by atomic mass is 16.5. The van der Waals surface area contributed by atoms with E-state index in [-0.39, 0.29) is 18.4 Å². The lowest BCUT2D eigenvalue weighted by Crippen LogP contribution is -2.50. The quantitative estimate of drug-likeness (QED) is 0.371. The fourth-order valence-electron chi connectivity index (χ4n) is 6.16. The topological polar surface area (TPSA) is 109 Å². The van der Waals surface area contributed by atoms with Crippen LogP contribution >= 0.6 is 0 Å². The first-order valence-corrected chi connectivity index (χ1v) is 15.3. The van der Waals surface area contributed by atoms with Crippen molar-refractivity contribution < 1.29 is 23.8 Å². The fourth-order valence-corrected chi connectivity index (χ4v) is 6.16. The molecule has 10 heteroatoms. The number of methoxy groups -OCH3 is 1. The SMILES string of the molecule is COc1ccc2cc1OCCCN(C(=O)C(c1cccnc1)N1CCOCC1)CC(=O)NCCc1c([nH]c3ccccc13)C2. The molecule has 44 heavy (non-hydrogen) atoms. The Kier molecular flexibility index (Phi) is 9.38. The van der Waals surface area contributed by atoms with E-state index in [0.29, 0.717) is 76.8 Å². The summed E-state index contributed by atoms with van der Waals surface area (Å²) in [6.45, 7) is 3.49. The van der Waals surface area contributed by atoms with Gasteiger partial charge in [0.25, 0.3) is 0 Å². The summed E-state index contributed by atoms with van der Waals surface area (Å²) < 4.78 is 17.4. The van der Waals surface area contributed by atoms with E-state index in [9.17, 15) is 9.59 Å². The van der Waals surface area contributed by atoms with Crippen LogP contribution in [0.4, 0.5) is 0 Å². The van der Waals surface area contributed by atoms with Crippen molar-refractivity contribution in [3.05, 3.63) is 89.4 Å². The number of amides is 2. The van der Waals surface area contributed by atoms with Crippen LogP contribution in [-0.2, 0) is 27.2 Å². The van der Waals surface area contributed by atoms with Crippen molar-refractivity contribution in [2.45, 2.75) is 25.3 Å². The molecule has 2 N–H and O–H groups in total. The highest BCUT2D eigenvalue weighted by Gasteiger charge is 2.33. The number of morpholine rings is 1. The zero-order valence-corrected chi connectivity index (χ0v) is 25.1. The van der Waals surface area contributed by atoms with E-state index in [1.54, 1.807) is 24.4 Å². The molecule has 6 rings (SSSR count). The molecule has 2 aliphatic heterocycles. The summed E-state index contributed by atoms with van der Waals surface area (Å²) in [5.41, 5.74) is 5.23. The maximum atomic E-state index is 14.3. The zero-order valence-electron chi connectivity index (χ0n) is 25.1. The van der Waals surface area contributed by atoms with Crippen LogP contribution in [0.15, 0.2) is 67.0 Å². The number of aromatic amines is 1. The average molecular weight is 598 g/mol. The number of aromatic nitrogens is 2. The normalized spacial score (nSPS) is 17.8. The van der Waals surface area contributed by atoms with Crippen molar-refractivity contribution in [1.82, 2.24) is 25.1 Å². The summed E-state index contributed by atoms with van der Waals surface area (Å²) in [7, 11) is 1.63. The maximum absolute atomic E-state index is 14.3. The average Bonchev–Trinajstić information content (AvgIpc) is 3.40. The molecular formula is C34H39N5O5. The van der Waals surface area contributed by atoms with E-state index in [2.05, 4.69) is 38.4 Å². The molecule has 1 atom stereocenters. The van der Waals surface area contributed by atoms with E-state index in [1.165, 1.54) is 5.56 Å². The van der Waals surface area contributed by atoms with Gasteiger partial charge >= 0.3 is 0 Å². The number of hydrogen-bond donors (Lipinski definition) is 2. The molecule has 2 aromatic heterocycles. The van der Waals surface area contributed by atoms with E-state index in [4.69, 9.17) is 14.2 Å². The number of carbonyl (C=O) groups is 2. The Balaban J connectivity index is 1.29. The van der Waals surface area contributed by atoms with Crippen LogP contribution in [0.3, 0.4) is 0 Å². The van der Waals surface area contributed by atoms with E-state index < -0.39 is 6.04 Å². The molecule has 10 nitrogen and oxygen atoms in total. The largest absolute Gasteiger partial charge is 0.493 e. The Hall–Kier alpha value is -4.41. The van der Waals surface area contributed by atoms with Crippen LogP contribution in [0, 0.1) is 0 Å². The van der Waals surface area contributed by atoms with Crippen LogP contribution in [-0.4, -0.2) is 91.2 Å². The lowest BCUT2D eigenvalue weighted by Gasteiger charge is -2.36. The van der Waals surface area contributed by atoms with Gasteiger partial charge in [-0.2, -0.15) is 0 Å². The third-order valence-electron chi connectivity index (χ3n) is 8.33. The smallest absolute Gasteiger partial charge is 0.245 e. The van der Waals surface area contributed by atoms with Crippen molar-refractivity contribution in [3.8, 4) is 11.5 Å². The van der Waals surface area contributed by atoms with Gasteiger partial charge in [-0.05, 0) is 53.8 Å². The third-order valence-corrected chi connectivity index (χ3v) is 8.33. The molecule has 0 radical (unpaired) electrons. The number of para-hydroxylation sites is 1. The number of carbonyl (C=O) groups excluding carboxylic acids is 2. The van der Waals surface area contributed by atoms with Crippen molar-refractivity contribution in [2.24, 2.45) is 0 Å². The summed E-state index contributed by atoms with van der Waals surface area (Å²) in [5, 5.41) is 4.23. The summed E-state index contributed by atoms with van der Waals surface area (Å²) in [5.74, 6) is 0.996. The monoisotopic (exact) mass is 597 g/mol. The molecule has 0 spiro atoms. The molecule has 230 valence electrons. The molecule has 1 saturated heterocycles. The van der Waals surface area contributed by atoms with E-state index in [0.717, 1.165) is 27.7 Å². The molecule has 2 aliphatic rings. The summed E-state index contributed by atoms with van der Waals surface area (Å²) in [6.07, 6.45) is 5.32. The molecule has 4 aromatic rings. The standard InChI is InChI=1S/C34H39N5O5/c1-42-30-10-9-24-20-29-27(26-7-2-3-8-28(26)37-29)11-13-36-32(40)23-39(14-5-17-44-31(30)21-24)34(41)33(25-6-4-12-35-22-25)38-15-18-43-19-16-38/h2-4,6-10,12,21-22,33,37H,5,11,13-20,23H2,1H3,(H,36,40). The number of benzene rings is 2. The number of ether oxygens (including phenoxy) is 3. The van der Waals surface area contributed by atoms with Crippen LogP contribution in [0.5, 0.6) is 11.5 Å². The van der Waals surface area contributed by atoms with E-state index >= 15 is 0 Å². The molecular weight excluding hydrogens is 558 g/mol. The summed E-state index contributed by atoms with van der Waals surface area (Å²) >= 11 is 0. The van der Waals surface area contributed by atoms with Gasteiger partial charge in [-0.25, -0.2) is 0 Å². The van der Waals surface area contributed by atoms with Crippen LogP contribution in [0.2, 0.25) is 0 Å². The van der Waals surface area contributed by atoms with Gasteiger partial charge in [0.2, 0.25) is 11.8 Å². The van der Waals surface area contributed by atoms with Gasteiger partial charge in [0, 0.05) is 61.6 Å². The number of pyridine rings is 1. The highest BCUT2D eigenvalue weighted by Crippen LogP contribution is 2.31. The summed E-state index contributed by atoms with van der Waals surface area (Å²) in [6, 6.07) is 17.5. The molecule has 0 saturated carbocycles. The Labute approximate surface area is 257 Å². The molecule has 1 unspecified atom stereocenters. The van der Waals surface area contributed by atoms with Crippen LogP contribution in [0.25, 0.3) is 10.9 Å². The first kappa shape index (κ1) is 29.7. The van der Waals surface area contributed by atoms with Crippen molar-refractivity contribution in [2.75, 3.05) is 59.7 Å². The third kappa shape index (κ3) is 6.71. The lowest BCUT2D eigenvalue weighted by molar-refractivity contribution is -0.142. The van der Waals surface area contributed by atoms with Crippen molar-refractivity contribution in [3.63, 3.8) is 0 Å². The first-order valence-electron chi connectivity index (χ1n) is 15.3. The van der Waals surface area contributed by atoms with Gasteiger partial charge in [-0.3, -0.25) is 19.5 Å². The van der Waals surface area contributed by atoms with Crippen LogP contribution < -0.4 is 14.8 Å². The molecule has 2 aromatic carbocycles. The van der Waals surface area contributed by atoms with Gasteiger partial charge in [0.15, 0.2) is 11.5 Å². The highest BCUT2D eigenvalue weighted by molar-refractivity contribution is 5.88. The van der Waals surface area contributed by atoms with Gasteiger partial charge < -0.3 is 29.4 Å². The van der Waals surface area contributed by atoms with Gasteiger partial charge in [0.05, 0.1) is 33.5 Å². The molecule has 1 fully saturated rings. The lowest BCUT2D eigenvalue weighted by atomic mass is 10.0. The predicted molar refractivity (Wildman–Crippen MR) is 167 cm³/mol. The minimum absolute atomic E-state index is 0.0422. The Morgan fingerprint density at radius 3 is 2.73 bits per heavy atom. The van der Waals surface area contributed by atoms with Crippen molar-refractivity contribution in [1.29, 1.82) is 0 Å². The Bertz CT molecular complexity index is 1580. The molecule has 2 amide bonds. The second-order valence-corrected chi connectivity index (χ2v) is 11.2. The van der Waals surface area contributed by atoms with Crippen LogP contribution in [0.1, 0.15) is 34.8 Å². The van der Waals surface area contributed by atoms with Gasteiger partial charge in [-0.15, -0.1) is 0 Å². The molecule has 2 bridgehead atoms. The number of rotatable bonds is 4. The second-order valence-electron chi connectivity index (χ2n) is 11.2. The Morgan fingerprint density at radius 2 is 1.91 bits per heavy atom. The number of nitrogens with one attached hydrogen (secondary N) is 2.